The van der Waals surface area contributed by atoms with Gasteiger partial charge in [-0.25, -0.2) is 9.18 Å². The number of benzene rings is 1. The Balaban J connectivity index is 2.04. The van der Waals surface area contributed by atoms with Gasteiger partial charge >= 0.3 is 5.97 Å². The minimum atomic E-state index is -0.729. The minimum absolute atomic E-state index is 0.102. The molecule has 0 amide bonds. The number of nitrogens with zero attached hydrogens (tertiary/aromatic N) is 2. The van der Waals surface area contributed by atoms with E-state index >= 15 is 0 Å². The molecular formula is C18H20FN3O4. The van der Waals surface area contributed by atoms with Gasteiger partial charge in [0.1, 0.15) is 17.9 Å². The number of anilines is 1. The Hall–Kier alpha value is -2.61. The van der Waals surface area contributed by atoms with E-state index in [1.54, 1.807) is 0 Å². The molecule has 2 aliphatic rings. The van der Waals surface area contributed by atoms with E-state index in [0.717, 1.165) is 13.1 Å². The Morgan fingerprint density at radius 1 is 1.38 bits per heavy atom. The number of aromatic nitrogens is 1. The molecule has 26 heavy (non-hydrogen) atoms. The molecule has 0 bridgehead atoms. The first kappa shape index (κ1) is 16.8. The van der Waals surface area contributed by atoms with E-state index in [1.807, 2.05) is 16.4 Å². The molecule has 2 aromatic rings. The van der Waals surface area contributed by atoms with Gasteiger partial charge in [0.15, 0.2) is 11.6 Å². The maximum Gasteiger partial charge on any atom is 0.343 e. The number of piperazine rings is 1. The number of hydrogen-bond donors (Lipinski definition) is 1. The van der Waals surface area contributed by atoms with Crippen molar-refractivity contribution < 1.29 is 18.7 Å². The quantitative estimate of drug-likeness (QED) is 0.814. The fourth-order valence-electron chi connectivity index (χ4n) is 3.65. The highest BCUT2D eigenvalue weighted by Crippen LogP contribution is 2.41. The summed E-state index contributed by atoms with van der Waals surface area (Å²) < 4.78 is 27.4. The highest BCUT2D eigenvalue weighted by Gasteiger charge is 2.30. The normalized spacial score (nSPS) is 19.3. The van der Waals surface area contributed by atoms with Gasteiger partial charge in [-0.3, -0.25) is 4.79 Å². The summed E-state index contributed by atoms with van der Waals surface area (Å²) in [6.45, 7) is 5.05. The lowest BCUT2D eigenvalue weighted by molar-refractivity contribution is 0.0598. The summed E-state index contributed by atoms with van der Waals surface area (Å²) in [5, 5.41) is 3.37. The SMILES string of the molecule is C[C@H]1COc2c(N3CCNCC3)c(F)cc3c(=O)c(C(=O)O[11CH3])cn1c23. The Morgan fingerprint density at radius 2 is 2.12 bits per heavy atom. The van der Waals surface area contributed by atoms with Gasteiger partial charge in [-0.1, -0.05) is 0 Å². The van der Waals surface area contributed by atoms with Crippen LogP contribution < -0.4 is 20.4 Å². The summed E-state index contributed by atoms with van der Waals surface area (Å²) in [5.41, 5.74) is 0.253. The van der Waals surface area contributed by atoms with E-state index < -0.39 is 17.2 Å². The van der Waals surface area contributed by atoms with Crippen LogP contribution in [0.5, 0.6) is 5.75 Å². The average Bonchev–Trinajstić information content (AvgIpc) is 2.66. The number of carbonyl (C=O) groups is 1. The van der Waals surface area contributed by atoms with Gasteiger partial charge in [0.05, 0.1) is 24.1 Å². The molecule has 1 atom stereocenters. The van der Waals surface area contributed by atoms with Gasteiger partial charge < -0.3 is 24.3 Å². The summed E-state index contributed by atoms with van der Waals surface area (Å²) in [5.74, 6) is -0.879. The standard InChI is InChI=1S/C18H20FN3O4/c1-10-9-26-17-14-11(16(23)12(8-22(10)14)18(24)25-2)7-13(19)15(17)21-5-3-20-4-6-21/h7-8,10,20H,3-6,9H2,1-2H3/t10-/m0/s1/i2-1. The third-order valence-electron chi connectivity index (χ3n) is 4.98. The van der Waals surface area contributed by atoms with Crippen LogP contribution in [0.4, 0.5) is 10.1 Å². The van der Waals surface area contributed by atoms with Crippen LogP contribution >= 0.6 is 0 Å². The zero-order valence-corrected chi connectivity index (χ0v) is 14.7. The molecule has 4 rings (SSSR count). The van der Waals surface area contributed by atoms with E-state index in [2.05, 4.69) is 5.32 Å². The summed E-state index contributed by atoms with van der Waals surface area (Å²) in [4.78, 5) is 26.7. The average molecular weight is 360 g/mol. The first-order valence-electron chi connectivity index (χ1n) is 8.61. The van der Waals surface area contributed by atoms with Crippen molar-refractivity contribution in [2.45, 2.75) is 13.0 Å². The van der Waals surface area contributed by atoms with Crippen molar-refractivity contribution in [2.75, 3.05) is 44.8 Å². The fraction of sp³-hybridized carbons (Fsp3) is 0.444. The maximum atomic E-state index is 15.0. The summed E-state index contributed by atoms with van der Waals surface area (Å²) >= 11 is 0. The molecule has 0 radical (unpaired) electrons. The lowest BCUT2D eigenvalue weighted by Gasteiger charge is -2.34. The van der Waals surface area contributed by atoms with Crippen LogP contribution in [0.25, 0.3) is 10.9 Å². The zero-order valence-electron chi connectivity index (χ0n) is 14.7. The topological polar surface area (TPSA) is 72.8 Å². The number of ether oxygens (including phenoxy) is 2. The lowest BCUT2D eigenvalue weighted by atomic mass is 10.1. The molecule has 0 aliphatic carbocycles. The van der Waals surface area contributed by atoms with Gasteiger partial charge in [0.25, 0.3) is 0 Å². The molecule has 2 aliphatic heterocycles. The van der Waals surface area contributed by atoms with E-state index in [9.17, 15) is 14.0 Å². The molecule has 8 heteroatoms. The Labute approximate surface area is 149 Å². The molecule has 0 saturated carbocycles. The van der Waals surface area contributed by atoms with Crippen LogP contribution in [0.3, 0.4) is 0 Å². The van der Waals surface area contributed by atoms with E-state index in [-0.39, 0.29) is 17.0 Å². The number of nitrogens with one attached hydrogen (secondary N) is 1. The minimum Gasteiger partial charge on any atom is -0.487 e. The lowest BCUT2D eigenvalue weighted by Crippen LogP contribution is -2.44. The fourth-order valence-corrected chi connectivity index (χ4v) is 3.65. The molecule has 1 saturated heterocycles. The van der Waals surface area contributed by atoms with Crippen LogP contribution in [-0.4, -0.2) is 50.4 Å². The molecule has 7 nitrogen and oxygen atoms in total. The molecule has 1 N–H and O–H groups in total. The van der Waals surface area contributed by atoms with E-state index in [4.69, 9.17) is 9.47 Å². The summed E-state index contributed by atoms with van der Waals surface area (Å²) in [6, 6.07) is 1.11. The van der Waals surface area contributed by atoms with Crippen molar-refractivity contribution in [1.29, 1.82) is 0 Å². The number of halogens is 1. The number of pyridine rings is 1. The first-order valence-corrected chi connectivity index (χ1v) is 8.61. The second-order valence-corrected chi connectivity index (χ2v) is 6.60. The van der Waals surface area contributed by atoms with Gasteiger partial charge in [0.2, 0.25) is 5.43 Å². The van der Waals surface area contributed by atoms with Crippen molar-refractivity contribution >= 4 is 22.6 Å². The Kier molecular flexibility index (Phi) is 4.07. The molecule has 3 heterocycles. The third-order valence-corrected chi connectivity index (χ3v) is 4.98. The summed E-state index contributed by atoms with van der Waals surface area (Å²) in [7, 11) is 1.22. The van der Waals surface area contributed by atoms with Crippen molar-refractivity contribution in [3.05, 3.63) is 33.9 Å². The molecule has 1 aromatic carbocycles. The van der Waals surface area contributed by atoms with Crippen molar-refractivity contribution in [3.8, 4) is 5.75 Å². The highest BCUT2D eigenvalue weighted by molar-refractivity contribution is 5.97. The molecule has 1 aromatic heterocycles. The number of rotatable bonds is 2. The smallest absolute Gasteiger partial charge is 0.343 e. The molecule has 1 fully saturated rings. The molecule has 0 spiro atoms. The largest absolute Gasteiger partial charge is 0.487 e. The number of carbonyl (C=O) groups excluding carboxylic acids is 1. The van der Waals surface area contributed by atoms with Gasteiger partial charge in [-0.05, 0) is 13.0 Å². The molecule has 138 valence electrons. The van der Waals surface area contributed by atoms with E-state index in [0.29, 0.717) is 36.6 Å². The second kappa shape index (κ2) is 6.28. The molecular weight excluding hydrogens is 340 g/mol. The van der Waals surface area contributed by atoms with Gasteiger partial charge in [-0.2, -0.15) is 0 Å². The van der Waals surface area contributed by atoms with Crippen LogP contribution in [0, 0.1) is 5.82 Å². The van der Waals surface area contributed by atoms with Crippen molar-refractivity contribution in [2.24, 2.45) is 0 Å². The number of hydrogen-bond acceptors (Lipinski definition) is 6. The van der Waals surface area contributed by atoms with Crippen molar-refractivity contribution in [3.63, 3.8) is 0 Å². The monoisotopic (exact) mass is 360 g/mol. The van der Waals surface area contributed by atoms with Crippen LogP contribution in [0.1, 0.15) is 23.3 Å². The van der Waals surface area contributed by atoms with E-state index in [1.165, 1.54) is 19.4 Å². The predicted octanol–water partition coefficient (Wildman–Crippen LogP) is 1.29. The Morgan fingerprint density at radius 3 is 2.81 bits per heavy atom. The number of methoxy groups -OCH3 is 1. The number of esters is 1. The Bertz CT molecular complexity index is 950. The van der Waals surface area contributed by atoms with Crippen molar-refractivity contribution in [1.82, 2.24) is 9.88 Å². The van der Waals surface area contributed by atoms with Gasteiger partial charge in [-0.15, -0.1) is 0 Å². The second-order valence-electron chi connectivity index (χ2n) is 6.60. The zero-order chi connectivity index (χ0) is 18.4. The molecule has 0 unspecified atom stereocenters. The highest BCUT2D eigenvalue weighted by atomic mass is 19.1. The van der Waals surface area contributed by atoms with Crippen LogP contribution in [0.2, 0.25) is 0 Å². The van der Waals surface area contributed by atoms with Crippen LogP contribution in [0.15, 0.2) is 17.1 Å². The van der Waals surface area contributed by atoms with Gasteiger partial charge in [0, 0.05) is 32.4 Å². The third kappa shape index (κ3) is 2.44. The summed E-state index contributed by atoms with van der Waals surface area (Å²) in [6.07, 6.45) is 1.49. The maximum absolute atomic E-state index is 15.0. The predicted molar refractivity (Wildman–Crippen MR) is 94.8 cm³/mol. The van der Waals surface area contributed by atoms with Crippen LogP contribution in [-0.2, 0) is 4.74 Å². The first-order chi connectivity index (χ1) is 12.5.